The van der Waals surface area contributed by atoms with Crippen molar-refractivity contribution in [3.8, 4) is 0 Å². The summed E-state index contributed by atoms with van der Waals surface area (Å²) in [6.07, 6.45) is 1.13. The van der Waals surface area contributed by atoms with Crippen molar-refractivity contribution >= 4 is 11.9 Å². The number of nitrogens with one attached hydrogen (secondary N) is 1. The summed E-state index contributed by atoms with van der Waals surface area (Å²) in [5.74, 6) is -0.703. The molecule has 1 unspecified atom stereocenters. The first-order chi connectivity index (χ1) is 10.1. The van der Waals surface area contributed by atoms with Crippen LogP contribution in [0.1, 0.15) is 36.2 Å². The number of esters is 1. The van der Waals surface area contributed by atoms with E-state index in [-0.39, 0.29) is 5.91 Å². The van der Waals surface area contributed by atoms with Crippen LogP contribution in [0, 0.1) is 0 Å². The lowest BCUT2D eigenvalue weighted by atomic mass is 9.89. The van der Waals surface area contributed by atoms with Crippen LogP contribution in [0.25, 0.3) is 0 Å². The van der Waals surface area contributed by atoms with E-state index in [1.54, 1.807) is 19.1 Å². The van der Waals surface area contributed by atoms with Crippen LogP contribution in [0.15, 0.2) is 24.3 Å². The molecule has 0 saturated carbocycles. The molecule has 0 fully saturated rings. The number of amides is 1. The number of rotatable bonds is 6. The molecule has 0 bridgehead atoms. The summed E-state index contributed by atoms with van der Waals surface area (Å²) in [5.41, 5.74) is 0.247. The molecule has 21 heavy (non-hydrogen) atoms. The number of cyclic esters (lactones) is 1. The number of carbonyl (C=O) groups excluding carboxylic acids is 2. The molecule has 5 heteroatoms. The van der Waals surface area contributed by atoms with Gasteiger partial charge in [-0.2, -0.15) is 0 Å². The monoisotopic (exact) mass is 291 g/mol. The predicted octanol–water partition coefficient (Wildman–Crippen LogP) is 1.70. The highest BCUT2D eigenvalue weighted by atomic mass is 16.6. The van der Waals surface area contributed by atoms with Gasteiger partial charge in [0.1, 0.15) is 0 Å². The highest BCUT2D eigenvalue weighted by molar-refractivity contribution is 5.97. The lowest BCUT2D eigenvalue weighted by molar-refractivity contribution is -0.139. The smallest absolute Gasteiger partial charge is 0.339 e. The summed E-state index contributed by atoms with van der Waals surface area (Å²) >= 11 is 0. The van der Waals surface area contributed by atoms with E-state index < -0.39 is 11.6 Å². The summed E-state index contributed by atoms with van der Waals surface area (Å²) in [4.78, 5) is 24.3. The van der Waals surface area contributed by atoms with Crippen LogP contribution in [-0.2, 0) is 20.7 Å². The van der Waals surface area contributed by atoms with Gasteiger partial charge in [0.2, 0.25) is 0 Å². The highest BCUT2D eigenvalue weighted by Crippen LogP contribution is 2.28. The van der Waals surface area contributed by atoms with E-state index in [0.717, 1.165) is 12.0 Å². The van der Waals surface area contributed by atoms with Crippen molar-refractivity contribution in [1.29, 1.82) is 0 Å². The van der Waals surface area contributed by atoms with Crippen molar-refractivity contribution in [2.45, 2.75) is 32.3 Å². The van der Waals surface area contributed by atoms with E-state index in [1.807, 2.05) is 19.1 Å². The molecule has 2 rings (SSSR count). The third kappa shape index (κ3) is 3.61. The number of hydrogen-bond acceptors (Lipinski definition) is 4. The minimum atomic E-state index is -1.14. The fourth-order valence-corrected chi connectivity index (χ4v) is 2.37. The van der Waals surface area contributed by atoms with Crippen molar-refractivity contribution < 1.29 is 19.1 Å². The van der Waals surface area contributed by atoms with Crippen molar-refractivity contribution in [3.05, 3.63) is 35.4 Å². The van der Waals surface area contributed by atoms with E-state index in [0.29, 0.717) is 31.7 Å². The topological polar surface area (TPSA) is 64.6 Å². The van der Waals surface area contributed by atoms with Gasteiger partial charge >= 0.3 is 5.97 Å². The first-order valence-corrected chi connectivity index (χ1v) is 7.24. The fourth-order valence-electron chi connectivity index (χ4n) is 2.37. The second-order valence-electron chi connectivity index (χ2n) is 5.26. The van der Waals surface area contributed by atoms with Gasteiger partial charge in [-0.15, -0.1) is 0 Å². The molecule has 1 aromatic rings. The number of hydrogen-bond donors (Lipinski definition) is 1. The van der Waals surface area contributed by atoms with E-state index in [2.05, 4.69) is 5.32 Å². The van der Waals surface area contributed by atoms with E-state index in [4.69, 9.17) is 9.47 Å². The minimum absolute atomic E-state index is 0.262. The van der Waals surface area contributed by atoms with Crippen LogP contribution in [0.4, 0.5) is 0 Å². The Bertz CT molecular complexity index is 529. The third-order valence-corrected chi connectivity index (χ3v) is 3.52. The maximum atomic E-state index is 12.3. The molecule has 0 aliphatic carbocycles. The van der Waals surface area contributed by atoms with Gasteiger partial charge in [-0.3, -0.25) is 4.79 Å². The van der Waals surface area contributed by atoms with Crippen LogP contribution in [-0.4, -0.2) is 37.2 Å². The molecule has 1 aliphatic heterocycles. The predicted molar refractivity (Wildman–Crippen MR) is 78.1 cm³/mol. The molecule has 1 aliphatic rings. The lowest BCUT2D eigenvalue weighted by Gasteiger charge is -2.33. The molecule has 1 heterocycles. The van der Waals surface area contributed by atoms with Gasteiger partial charge in [0.15, 0.2) is 5.60 Å². The Morgan fingerprint density at radius 3 is 2.95 bits per heavy atom. The number of benzene rings is 1. The number of carbonyl (C=O) groups is 2. The zero-order chi connectivity index (χ0) is 15.3. The number of fused-ring (bicyclic) bond motifs is 1. The van der Waals surface area contributed by atoms with E-state index in [1.165, 1.54) is 0 Å². The summed E-state index contributed by atoms with van der Waals surface area (Å²) in [6.45, 7) is 5.36. The van der Waals surface area contributed by atoms with Gasteiger partial charge in [0, 0.05) is 26.2 Å². The molecule has 0 aromatic heterocycles. The average molecular weight is 291 g/mol. The Labute approximate surface area is 124 Å². The molecule has 1 N–H and O–H groups in total. The van der Waals surface area contributed by atoms with Crippen LogP contribution in [0.2, 0.25) is 0 Å². The maximum Gasteiger partial charge on any atom is 0.339 e. The molecule has 0 spiro atoms. The lowest BCUT2D eigenvalue weighted by Crippen LogP contribution is -2.51. The largest absolute Gasteiger partial charge is 0.445 e. The van der Waals surface area contributed by atoms with Gasteiger partial charge in [-0.25, -0.2) is 4.79 Å². The molecule has 1 atom stereocenters. The maximum absolute atomic E-state index is 12.3. The Morgan fingerprint density at radius 1 is 1.43 bits per heavy atom. The van der Waals surface area contributed by atoms with Gasteiger partial charge in [-0.05, 0) is 31.9 Å². The third-order valence-electron chi connectivity index (χ3n) is 3.52. The summed E-state index contributed by atoms with van der Waals surface area (Å²) < 4.78 is 10.6. The van der Waals surface area contributed by atoms with E-state index >= 15 is 0 Å². The molecule has 1 amide bonds. The van der Waals surface area contributed by atoms with Crippen molar-refractivity contribution in [3.63, 3.8) is 0 Å². The Morgan fingerprint density at radius 2 is 2.19 bits per heavy atom. The van der Waals surface area contributed by atoms with Crippen LogP contribution < -0.4 is 5.32 Å². The minimum Gasteiger partial charge on any atom is -0.445 e. The average Bonchev–Trinajstić information content (AvgIpc) is 2.46. The molecule has 0 radical (unpaired) electrons. The Kier molecular flexibility index (Phi) is 4.96. The van der Waals surface area contributed by atoms with Crippen LogP contribution >= 0.6 is 0 Å². The first kappa shape index (κ1) is 15.5. The first-order valence-electron chi connectivity index (χ1n) is 7.24. The van der Waals surface area contributed by atoms with Crippen molar-refractivity contribution in [2.24, 2.45) is 0 Å². The summed E-state index contributed by atoms with van der Waals surface area (Å²) in [5, 5.41) is 2.81. The second-order valence-corrected chi connectivity index (χ2v) is 5.26. The molecular weight excluding hydrogens is 270 g/mol. The van der Waals surface area contributed by atoms with Gasteiger partial charge < -0.3 is 14.8 Å². The van der Waals surface area contributed by atoms with Crippen LogP contribution in [0.3, 0.4) is 0 Å². The summed E-state index contributed by atoms with van der Waals surface area (Å²) in [7, 11) is 0. The molecular formula is C16H21NO4. The Hall–Kier alpha value is -1.88. The van der Waals surface area contributed by atoms with Crippen molar-refractivity contribution in [2.75, 3.05) is 19.8 Å². The quantitative estimate of drug-likeness (QED) is 0.640. The SMILES string of the molecule is CCOCCCNC(=O)C1(C)Cc2ccccc2C(=O)O1. The number of ether oxygens (including phenoxy) is 2. The summed E-state index contributed by atoms with van der Waals surface area (Å²) in [6, 6.07) is 7.22. The van der Waals surface area contributed by atoms with E-state index in [9.17, 15) is 9.59 Å². The van der Waals surface area contributed by atoms with Gasteiger partial charge in [0.05, 0.1) is 5.56 Å². The normalized spacial score (nSPS) is 20.6. The van der Waals surface area contributed by atoms with Crippen molar-refractivity contribution in [1.82, 2.24) is 5.32 Å². The molecule has 5 nitrogen and oxygen atoms in total. The zero-order valence-electron chi connectivity index (χ0n) is 12.5. The fraction of sp³-hybridized carbons (Fsp3) is 0.500. The zero-order valence-corrected chi connectivity index (χ0v) is 12.5. The second kappa shape index (κ2) is 6.72. The molecule has 1 aromatic carbocycles. The molecule has 114 valence electrons. The van der Waals surface area contributed by atoms with Gasteiger partial charge in [0.25, 0.3) is 5.91 Å². The van der Waals surface area contributed by atoms with Crippen LogP contribution in [0.5, 0.6) is 0 Å². The standard InChI is InChI=1S/C16H21NO4/c1-3-20-10-6-9-17-15(19)16(2)11-12-7-4-5-8-13(12)14(18)21-16/h4-5,7-8H,3,6,9-11H2,1-2H3,(H,17,19). The Balaban J connectivity index is 1.96. The molecule has 0 saturated heterocycles. The van der Waals surface area contributed by atoms with Gasteiger partial charge in [-0.1, -0.05) is 18.2 Å². The highest BCUT2D eigenvalue weighted by Gasteiger charge is 2.42.